The first kappa shape index (κ1) is 16.0. The van der Waals surface area contributed by atoms with Crippen LogP contribution in [0, 0.1) is 0 Å². The molecule has 116 valence electrons. The van der Waals surface area contributed by atoms with E-state index in [4.69, 9.17) is 9.05 Å². The zero-order valence-electron chi connectivity index (χ0n) is 12.9. The van der Waals surface area contributed by atoms with Crippen LogP contribution in [0.3, 0.4) is 0 Å². The van der Waals surface area contributed by atoms with E-state index >= 15 is 0 Å². The van der Waals surface area contributed by atoms with Gasteiger partial charge in [0, 0.05) is 12.2 Å². The highest BCUT2D eigenvalue weighted by Gasteiger charge is 2.34. The molecule has 21 heavy (non-hydrogen) atoms. The van der Waals surface area contributed by atoms with Crippen LogP contribution in [-0.4, -0.2) is 28.6 Å². The second-order valence-corrected chi connectivity index (χ2v) is 6.78. The Kier molecular flexibility index (Phi) is 5.04. The van der Waals surface area contributed by atoms with Crippen molar-refractivity contribution in [2.75, 3.05) is 18.5 Å². The van der Waals surface area contributed by atoms with E-state index in [1.165, 1.54) is 0 Å². The molecule has 6 nitrogen and oxygen atoms in total. The molecule has 0 aliphatic rings. The summed E-state index contributed by atoms with van der Waals surface area (Å²) in [5.41, 5.74) is 1.04. The van der Waals surface area contributed by atoms with Gasteiger partial charge in [-0.15, -0.1) is 0 Å². The Morgan fingerprint density at radius 3 is 2.52 bits per heavy atom. The quantitative estimate of drug-likeness (QED) is 0.796. The van der Waals surface area contributed by atoms with Crippen LogP contribution in [0.2, 0.25) is 0 Å². The third-order valence-electron chi connectivity index (χ3n) is 2.79. The van der Waals surface area contributed by atoms with Crippen LogP contribution >= 0.6 is 7.60 Å². The van der Waals surface area contributed by atoms with Crippen molar-refractivity contribution in [3.63, 3.8) is 0 Å². The minimum atomic E-state index is -3.43. The van der Waals surface area contributed by atoms with E-state index in [-0.39, 0.29) is 6.04 Å². The van der Waals surface area contributed by atoms with Crippen LogP contribution in [0.1, 0.15) is 27.7 Å². The van der Waals surface area contributed by atoms with E-state index in [2.05, 4.69) is 10.3 Å². The number of nitrogens with one attached hydrogen (secondary N) is 1. The summed E-state index contributed by atoms with van der Waals surface area (Å²) in [5.74, 6) is 0.658. The van der Waals surface area contributed by atoms with E-state index in [9.17, 15) is 4.57 Å². The van der Waals surface area contributed by atoms with E-state index in [1.807, 2.05) is 42.6 Å². The van der Waals surface area contributed by atoms with E-state index in [0.29, 0.717) is 30.1 Å². The summed E-state index contributed by atoms with van der Waals surface area (Å²) in [7, 11) is -3.43. The lowest BCUT2D eigenvalue weighted by atomic mass is 10.4. The highest BCUT2D eigenvalue weighted by molar-refractivity contribution is 7.62. The van der Waals surface area contributed by atoms with E-state index in [1.54, 1.807) is 13.8 Å². The van der Waals surface area contributed by atoms with Crippen LogP contribution in [0.4, 0.5) is 5.82 Å². The van der Waals surface area contributed by atoms with E-state index in [0.717, 1.165) is 0 Å². The number of hydrogen-bond acceptors (Lipinski definition) is 5. The molecule has 0 spiro atoms. The highest BCUT2D eigenvalue weighted by atomic mass is 31.2. The smallest absolute Gasteiger partial charge is 0.367 e. The third kappa shape index (κ3) is 3.28. The van der Waals surface area contributed by atoms with Gasteiger partial charge in [0.2, 0.25) is 0 Å². The van der Waals surface area contributed by atoms with Crippen molar-refractivity contribution in [2.45, 2.75) is 33.7 Å². The molecule has 0 bridgehead atoms. The Bertz CT molecular complexity index is 644. The standard InChI is InChI=1S/C14H22N3O3P/c1-5-19-21(18,20-6-2)14-13(15-11(3)4)17-10-8-7-9-12(17)16-14/h7-11,15H,5-6H2,1-4H3. The molecule has 0 fully saturated rings. The van der Waals surface area contributed by atoms with Crippen molar-refractivity contribution < 1.29 is 13.6 Å². The van der Waals surface area contributed by atoms with Crippen molar-refractivity contribution in [3.8, 4) is 0 Å². The molecular weight excluding hydrogens is 289 g/mol. The van der Waals surface area contributed by atoms with Crippen LogP contribution < -0.4 is 10.8 Å². The maximum Gasteiger partial charge on any atom is 0.383 e. The van der Waals surface area contributed by atoms with Crippen molar-refractivity contribution in [1.82, 2.24) is 9.38 Å². The van der Waals surface area contributed by atoms with Crippen molar-refractivity contribution in [3.05, 3.63) is 24.4 Å². The molecule has 0 aromatic carbocycles. The van der Waals surface area contributed by atoms with Gasteiger partial charge >= 0.3 is 7.60 Å². The number of aromatic nitrogens is 2. The van der Waals surface area contributed by atoms with Gasteiger partial charge in [0.1, 0.15) is 11.5 Å². The molecule has 2 aromatic rings. The predicted molar refractivity (Wildman–Crippen MR) is 84.4 cm³/mol. The second kappa shape index (κ2) is 6.60. The lowest BCUT2D eigenvalue weighted by molar-refractivity contribution is 0.229. The van der Waals surface area contributed by atoms with Gasteiger partial charge < -0.3 is 14.4 Å². The van der Waals surface area contributed by atoms with E-state index < -0.39 is 7.60 Å². The monoisotopic (exact) mass is 311 g/mol. The molecule has 0 radical (unpaired) electrons. The van der Waals surface area contributed by atoms with Crippen molar-refractivity contribution >= 4 is 24.5 Å². The summed E-state index contributed by atoms with van der Waals surface area (Å²) in [6.07, 6.45) is 1.87. The van der Waals surface area contributed by atoms with Crippen molar-refractivity contribution in [1.29, 1.82) is 0 Å². The summed E-state index contributed by atoms with van der Waals surface area (Å²) >= 11 is 0. The van der Waals surface area contributed by atoms with Gasteiger partial charge in [-0.2, -0.15) is 0 Å². The number of nitrogens with zero attached hydrogens (tertiary/aromatic N) is 2. The summed E-state index contributed by atoms with van der Waals surface area (Å²) in [6.45, 7) is 8.20. The fourth-order valence-electron chi connectivity index (χ4n) is 2.08. The molecule has 0 aliphatic heterocycles. The molecular formula is C14H22N3O3P. The van der Waals surface area contributed by atoms with Gasteiger partial charge in [0.15, 0.2) is 5.44 Å². The first-order valence-electron chi connectivity index (χ1n) is 7.15. The molecule has 0 saturated heterocycles. The fraction of sp³-hybridized carbons (Fsp3) is 0.500. The molecule has 7 heteroatoms. The number of rotatable bonds is 7. The first-order valence-corrected chi connectivity index (χ1v) is 8.69. The lowest BCUT2D eigenvalue weighted by Crippen LogP contribution is -2.21. The molecule has 2 heterocycles. The largest absolute Gasteiger partial charge is 0.383 e. The van der Waals surface area contributed by atoms with Gasteiger partial charge in [-0.1, -0.05) is 6.07 Å². The van der Waals surface area contributed by atoms with Gasteiger partial charge in [0.25, 0.3) is 0 Å². The van der Waals surface area contributed by atoms with Gasteiger partial charge in [0.05, 0.1) is 13.2 Å². The SMILES string of the molecule is CCOP(=O)(OCC)c1nc2ccccn2c1NC(C)C. The minimum Gasteiger partial charge on any atom is -0.367 e. The van der Waals surface area contributed by atoms with Gasteiger partial charge in [-0.25, -0.2) is 4.98 Å². The molecule has 0 aliphatic carbocycles. The van der Waals surface area contributed by atoms with Crippen LogP contribution in [0.15, 0.2) is 24.4 Å². The molecule has 0 unspecified atom stereocenters. The first-order chi connectivity index (χ1) is 10.0. The zero-order valence-corrected chi connectivity index (χ0v) is 13.8. The minimum absolute atomic E-state index is 0.167. The number of fused-ring (bicyclic) bond motifs is 1. The summed E-state index contributed by atoms with van der Waals surface area (Å²) in [6, 6.07) is 5.81. The molecule has 0 amide bonds. The Balaban J connectivity index is 2.62. The number of anilines is 1. The Morgan fingerprint density at radius 1 is 1.29 bits per heavy atom. The molecule has 1 N–H and O–H groups in total. The number of imidazole rings is 1. The summed E-state index contributed by atoms with van der Waals surface area (Å²) in [4.78, 5) is 4.46. The topological polar surface area (TPSA) is 64.9 Å². The summed E-state index contributed by atoms with van der Waals surface area (Å²) in [5, 5.41) is 3.29. The molecule has 2 aromatic heterocycles. The molecule has 0 atom stereocenters. The second-order valence-electron chi connectivity index (χ2n) is 4.84. The van der Waals surface area contributed by atoms with Gasteiger partial charge in [-0.3, -0.25) is 8.97 Å². The summed E-state index contributed by atoms with van der Waals surface area (Å²) < 4.78 is 25.7. The van der Waals surface area contributed by atoms with Crippen LogP contribution in [0.5, 0.6) is 0 Å². The zero-order chi connectivity index (χ0) is 15.5. The van der Waals surface area contributed by atoms with Crippen molar-refractivity contribution in [2.24, 2.45) is 0 Å². The lowest BCUT2D eigenvalue weighted by Gasteiger charge is -2.18. The van der Waals surface area contributed by atoms with Crippen LogP contribution in [0.25, 0.3) is 5.65 Å². The highest BCUT2D eigenvalue weighted by Crippen LogP contribution is 2.48. The number of hydrogen-bond donors (Lipinski definition) is 1. The Hall–Kier alpha value is -1.36. The maximum atomic E-state index is 13.0. The third-order valence-corrected chi connectivity index (χ3v) is 4.82. The number of pyridine rings is 1. The Labute approximate surface area is 125 Å². The maximum absolute atomic E-state index is 13.0. The molecule has 2 rings (SSSR count). The average Bonchev–Trinajstić information content (AvgIpc) is 2.78. The normalized spacial score (nSPS) is 12.2. The van der Waals surface area contributed by atoms with Crippen LogP contribution in [-0.2, 0) is 13.6 Å². The fourth-order valence-corrected chi connectivity index (χ4v) is 3.74. The Morgan fingerprint density at radius 2 is 1.95 bits per heavy atom. The predicted octanol–water partition coefficient (Wildman–Crippen LogP) is 3.05. The molecule has 0 saturated carbocycles. The van der Waals surface area contributed by atoms with Gasteiger partial charge in [-0.05, 0) is 39.8 Å². The average molecular weight is 311 g/mol.